The molecule has 0 aromatic carbocycles. The maximum absolute atomic E-state index is 12.9. The molecule has 142 valence electrons. The number of carbonyl (C=O) groups excluding carboxylic acids is 1. The highest BCUT2D eigenvalue weighted by Gasteiger charge is 2.39. The first-order valence-corrected chi connectivity index (χ1v) is 8.77. The lowest BCUT2D eigenvalue weighted by Crippen LogP contribution is -2.47. The van der Waals surface area contributed by atoms with Crippen LogP contribution < -0.4 is 10.1 Å². The predicted molar refractivity (Wildman–Crippen MR) is 98.9 cm³/mol. The number of nitrogens with one attached hydrogen (secondary N) is 1. The Labute approximate surface area is 151 Å². The van der Waals surface area contributed by atoms with Gasteiger partial charge >= 0.3 is 0 Å². The van der Waals surface area contributed by atoms with Crippen molar-refractivity contribution in [3.63, 3.8) is 0 Å². The molecule has 1 amide bonds. The molecule has 1 aromatic heterocycles. The number of amides is 1. The number of carbonyl (C=O) groups is 1. The van der Waals surface area contributed by atoms with Gasteiger partial charge in [0.15, 0.2) is 0 Å². The zero-order valence-electron chi connectivity index (χ0n) is 16.3. The molecule has 0 fully saturated rings. The molecule has 0 saturated heterocycles. The molecule has 0 aliphatic heterocycles. The highest BCUT2D eigenvalue weighted by molar-refractivity contribution is 5.97. The smallest absolute Gasteiger partial charge is 0.256 e. The Kier molecular flexibility index (Phi) is 8.86. The standard InChI is InChI=1S/C19H32N2O4/c1-14(2)11-19(24-6,12-15(3)4)18(22)21-16-7-8-17(20-13-16)25-10-9-23-5/h7-8,13-15H,9-12H2,1-6H3,(H,21,22). The normalized spacial score (nSPS) is 11.8. The fraction of sp³-hybridized carbons (Fsp3) is 0.684. The van der Waals surface area contributed by atoms with E-state index in [-0.39, 0.29) is 5.91 Å². The average molecular weight is 352 g/mol. The van der Waals surface area contributed by atoms with E-state index in [1.54, 1.807) is 32.5 Å². The van der Waals surface area contributed by atoms with Crippen LogP contribution in [0.25, 0.3) is 0 Å². The number of pyridine rings is 1. The molecular weight excluding hydrogens is 320 g/mol. The molecule has 6 nitrogen and oxygen atoms in total. The van der Waals surface area contributed by atoms with Gasteiger partial charge < -0.3 is 19.5 Å². The van der Waals surface area contributed by atoms with E-state index in [9.17, 15) is 4.79 Å². The van der Waals surface area contributed by atoms with Gasteiger partial charge in [0.25, 0.3) is 5.91 Å². The maximum atomic E-state index is 12.9. The maximum Gasteiger partial charge on any atom is 0.256 e. The third kappa shape index (κ3) is 7.00. The first kappa shape index (κ1) is 21.4. The molecule has 0 spiro atoms. The third-order valence-electron chi connectivity index (χ3n) is 3.81. The Morgan fingerprint density at radius 1 is 1.12 bits per heavy atom. The molecule has 1 N–H and O–H groups in total. The molecule has 0 atom stereocenters. The molecule has 1 heterocycles. The van der Waals surface area contributed by atoms with E-state index >= 15 is 0 Å². The summed E-state index contributed by atoms with van der Waals surface area (Å²) in [5.41, 5.74) is -0.214. The number of aromatic nitrogens is 1. The number of hydrogen-bond acceptors (Lipinski definition) is 5. The predicted octanol–water partition coefficient (Wildman–Crippen LogP) is 3.52. The summed E-state index contributed by atoms with van der Waals surface area (Å²) in [6, 6.07) is 3.50. The Morgan fingerprint density at radius 3 is 2.20 bits per heavy atom. The van der Waals surface area contributed by atoms with Gasteiger partial charge in [-0.25, -0.2) is 4.98 Å². The fourth-order valence-corrected chi connectivity index (χ4v) is 2.86. The zero-order chi connectivity index (χ0) is 18.9. The summed E-state index contributed by atoms with van der Waals surface area (Å²) in [5, 5.41) is 2.93. The van der Waals surface area contributed by atoms with Crippen LogP contribution in [0.2, 0.25) is 0 Å². The molecule has 6 heteroatoms. The Balaban J connectivity index is 2.81. The van der Waals surface area contributed by atoms with Crippen molar-refractivity contribution in [2.24, 2.45) is 11.8 Å². The third-order valence-corrected chi connectivity index (χ3v) is 3.81. The molecule has 0 radical (unpaired) electrons. The summed E-state index contributed by atoms with van der Waals surface area (Å²) in [7, 11) is 3.22. The largest absolute Gasteiger partial charge is 0.475 e. The minimum atomic E-state index is -0.837. The summed E-state index contributed by atoms with van der Waals surface area (Å²) >= 11 is 0. The number of hydrogen-bond donors (Lipinski definition) is 1. The van der Waals surface area contributed by atoms with E-state index in [2.05, 4.69) is 38.0 Å². The Bertz CT molecular complexity index is 505. The van der Waals surface area contributed by atoms with E-state index in [0.717, 1.165) is 0 Å². The van der Waals surface area contributed by atoms with Gasteiger partial charge in [0, 0.05) is 20.3 Å². The van der Waals surface area contributed by atoms with Crippen LogP contribution in [0.4, 0.5) is 5.69 Å². The molecule has 0 aliphatic rings. The highest BCUT2D eigenvalue weighted by atomic mass is 16.5. The average Bonchev–Trinajstić information content (AvgIpc) is 2.55. The van der Waals surface area contributed by atoms with Gasteiger partial charge in [0.2, 0.25) is 5.88 Å². The SMILES string of the molecule is COCCOc1ccc(NC(=O)C(CC(C)C)(CC(C)C)OC)cn1. The molecule has 0 unspecified atom stereocenters. The van der Waals surface area contributed by atoms with Gasteiger partial charge in [-0.05, 0) is 30.7 Å². The van der Waals surface area contributed by atoms with Gasteiger partial charge in [0.05, 0.1) is 18.5 Å². The molecule has 0 aliphatic carbocycles. The first-order valence-electron chi connectivity index (χ1n) is 8.77. The molecule has 1 aromatic rings. The van der Waals surface area contributed by atoms with Crippen LogP contribution in [-0.2, 0) is 14.3 Å². The molecular formula is C19H32N2O4. The van der Waals surface area contributed by atoms with Crippen LogP contribution in [0.1, 0.15) is 40.5 Å². The van der Waals surface area contributed by atoms with Crippen molar-refractivity contribution in [3.05, 3.63) is 18.3 Å². The summed E-state index contributed by atoms with van der Waals surface area (Å²) in [6.45, 7) is 9.31. The fourth-order valence-electron chi connectivity index (χ4n) is 2.86. The van der Waals surface area contributed by atoms with Crippen LogP contribution in [0, 0.1) is 11.8 Å². The van der Waals surface area contributed by atoms with E-state index < -0.39 is 5.60 Å². The van der Waals surface area contributed by atoms with Crippen molar-refractivity contribution in [1.82, 2.24) is 4.98 Å². The second-order valence-electron chi connectivity index (χ2n) is 7.07. The second-order valence-corrected chi connectivity index (χ2v) is 7.07. The number of ether oxygens (including phenoxy) is 3. The van der Waals surface area contributed by atoms with Gasteiger partial charge in [-0.15, -0.1) is 0 Å². The van der Waals surface area contributed by atoms with E-state index in [1.807, 2.05) is 0 Å². The van der Waals surface area contributed by atoms with Gasteiger partial charge in [-0.3, -0.25) is 4.79 Å². The van der Waals surface area contributed by atoms with Crippen LogP contribution in [0.3, 0.4) is 0 Å². The summed E-state index contributed by atoms with van der Waals surface area (Å²) in [5.74, 6) is 1.06. The van der Waals surface area contributed by atoms with Crippen LogP contribution in [-0.4, -0.2) is 43.9 Å². The highest BCUT2D eigenvalue weighted by Crippen LogP contribution is 2.30. The topological polar surface area (TPSA) is 69.7 Å². The van der Waals surface area contributed by atoms with Crippen molar-refractivity contribution < 1.29 is 19.0 Å². The number of nitrogens with zero attached hydrogens (tertiary/aromatic N) is 1. The minimum absolute atomic E-state index is 0.132. The van der Waals surface area contributed by atoms with Crippen molar-refractivity contribution in [2.75, 3.05) is 32.8 Å². The molecule has 0 bridgehead atoms. The lowest BCUT2D eigenvalue weighted by Gasteiger charge is -2.34. The van der Waals surface area contributed by atoms with Gasteiger partial charge in [0.1, 0.15) is 12.2 Å². The second kappa shape index (κ2) is 10.4. The van der Waals surface area contributed by atoms with Crippen LogP contribution in [0.15, 0.2) is 18.3 Å². The summed E-state index contributed by atoms with van der Waals surface area (Å²) in [4.78, 5) is 17.1. The lowest BCUT2D eigenvalue weighted by molar-refractivity contribution is -0.142. The van der Waals surface area contributed by atoms with Crippen molar-refractivity contribution in [3.8, 4) is 5.88 Å². The number of methoxy groups -OCH3 is 2. The van der Waals surface area contributed by atoms with E-state index in [1.165, 1.54) is 0 Å². The van der Waals surface area contributed by atoms with Crippen LogP contribution in [0.5, 0.6) is 5.88 Å². The number of anilines is 1. The zero-order valence-corrected chi connectivity index (χ0v) is 16.3. The lowest BCUT2D eigenvalue weighted by atomic mass is 9.84. The molecule has 25 heavy (non-hydrogen) atoms. The summed E-state index contributed by atoms with van der Waals surface area (Å²) < 4.78 is 16.1. The monoisotopic (exact) mass is 352 g/mol. The van der Waals surface area contributed by atoms with Crippen LogP contribution >= 0.6 is 0 Å². The van der Waals surface area contributed by atoms with E-state index in [4.69, 9.17) is 14.2 Å². The Morgan fingerprint density at radius 2 is 1.76 bits per heavy atom. The summed E-state index contributed by atoms with van der Waals surface area (Å²) in [6.07, 6.45) is 2.92. The minimum Gasteiger partial charge on any atom is -0.475 e. The van der Waals surface area contributed by atoms with Gasteiger partial charge in [-0.1, -0.05) is 27.7 Å². The molecule has 1 rings (SSSR count). The van der Waals surface area contributed by atoms with Crippen molar-refractivity contribution >= 4 is 11.6 Å². The quantitative estimate of drug-likeness (QED) is 0.617. The number of rotatable bonds is 11. The first-order chi connectivity index (χ1) is 11.8. The molecule has 0 saturated carbocycles. The van der Waals surface area contributed by atoms with Crippen molar-refractivity contribution in [2.45, 2.75) is 46.1 Å². The van der Waals surface area contributed by atoms with Crippen molar-refractivity contribution in [1.29, 1.82) is 0 Å². The van der Waals surface area contributed by atoms with E-state index in [0.29, 0.717) is 49.5 Å². The van der Waals surface area contributed by atoms with Gasteiger partial charge in [-0.2, -0.15) is 0 Å². The Hall–Kier alpha value is -1.66.